The van der Waals surface area contributed by atoms with Gasteiger partial charge in [-0.1, -0.05) is 26.8 Å². The summed E-state index contributed by atoms with van der Waals surface area (Å²) in [6.45, 7) is 7.10. The first kappa shape index (κ1) is 24.5. The molecule has 188 valence electrons. The lowest BCUT2D eigenvalue weighted by Crippen LogP contribution is -2.68. The molecule has 0 amide bonds. The molecule has 1 aromatic rings. The number of furan rings is 1. The molecule has 0 bridgehead atoms. The van der Waals surface area contributed by atoms with E-state index < -0.39 is 63.0 Å². The number of carbonyl (C=O) groups excluding carboxylic acids is 3. The molecule has 9 atom stereocenters. The van der Waals surface area contributed by atoms with Crippen molar-refractivity contribution in [3.05, 3.63) is 48.0 Å². The third-order valence-corrected chi connectivity index (χ3v) is 10.1. The number of fused-ring (bicyclic) bond motifs is 5. The largest absolute Gasteiger partial charge is 0.457 e. The van der Waals surface area contributed by atoms with E-state index in [0.717, 1.165) is 0 Å². The van der Waals surface area contributed by atoms with Crippen LogP contribution in [0.15, 0.2) is 46.6 Å². The molecule has 8 heteroatoms. The first-order valence-corrected chi connectivity index (χ1v) is 12.6. The summed E-state index contributed by atoms with van der Waals surface area (Å²) in [6, 6.07) is 3.00. The molecule has 0 spiro atoms. The maximum atomic E-state index is 17.5. The van der Waals surface area contributed by atoms with Gasteiger partial charge in [-0.05, 0) is 67.9 Å². The Hall–Kier alpha value is -2.22. The molecule has 0 aliphatic heterocycles. The van der Waals surface area contributed by atoms with Gasteiger partial charge in [0.2, 0.25) is 10.9 Å². The van der Waals surface area contributed by atoms with Crippen LogP contribution in [0.1, 0.15) is 57.5 Å². The maximum Gasteiger partial charge on any atom is 0.375 e. The molecule has 5 rings (SSSR count). The summed E-state index contributed by atoms with van der Waals surface area (Å²) in [4.78, 5) is 38.2. The van der Waals surface area contributed by atoms with Gasteiger partial charge < -0.3 is 9.15 Å². The van der Waals surface area contributed by atoms with Crippen molar-refractivity contribution in [2.45, 2.75) is 64.4 Å². The summed E-state index contributed by atoms with van der Waals surface area (Å²) in [5, 5.41) is -0.601. The van der Waals surface area contributed by atoms with Crippen molar-refractivity contribution in [1.82, 2.24) is 0 Å². The van der Waals surface area contributed by atoms with Crippen molar-refractivity contribution in [3.63, 3.8) is 0 Å². The zero-order valence-electron chi connectivity index (χ0n) is 20.2. The van der Waals surface area contributed by atoms with Crippen molar-refractivity contribution in [2.75, 3.05) is 0 Å². The number of hydrogen-bond acceptors (Lipinski definition) is 5. The van der Waals surface area contributed by atoms with Crippen LogP contribution in [-0.4, -0.2) is 34.3 Å². The zero-order chi connectivity index (χ0) is 25.6. The molecule has 0 aromatic carbocycles. The molecule has 2 unspecified atom stereocenters. The number of halogens is 2. The number of thiol groups is 1. The number of hydrogen-bond donors (Lipinski definition) is 1. The van der Waals surface area contributed by atoms with Crippen LogP contribution in [0.4, 0.5) is 8.78 Å². The summed E-state index contributed by atoms with van der Waals surface area (Å²) < 4.78 is 44.3. The lowest BCUT2D eigenvalue weighted by atomic mass is 9.42. The maximum absolute atomic E-state index is 17.5. The van der Waals surface area contributed by atoms with Crippen LogP contribution in [0.25, 0.3) is 0 Å². The fourth-order valence-corrected chi connectivity index (χ4v) is 8.87. The van der Waals surface area contributed by atoms with Gasteiger partial charge in [0.25, 0.3) is 0 Å². The van der Waals surface area contributed by atoms with Crippen molar-refractivity contribution in [3.8, 4) is 0 Å². The van der Waals surface area contributed by atoms with Crippen LogP contribution in [0.3, 0.4) is 0 Å². The Balaban J connectivity index is 1.62. The smallest absolute Gasteiger partial charge is 0.375 e. The van der Waals surface area contributed by atoms with E-state index in [-0.39, 0.29) is 30.0 Å². The van der Waals surface area contributed by atoms with Crippen LogP contribution in [0.5, 0.6) is 0 Å². The van der Waals surface area contributed by atoms with E-state index in [1.54, 1.807) is 26.8 Å². The highest BCUT2D eigenvalue weighted by Crippen LogP contribution is 2.73. The second-order valence-corrected chi connectivity index (χ2v) is 11.7. The molecular weight excluding hydrogens is 474 g/mol. The van der Waals surface area contributed by atoms with E-state index in [0.29, 0.717) is 6.42 Å². The Kier molecular flexibility index (Phi) is 5.34. The van der Waals surface area contributed by atoms with E-state index >= 15 is 8.78 Å². The molecule has 4 aliphatic carbocycles. The first-order chi connectivity index (χ1) is 16.3. The number of alkyl halides is 2. The molecular formula is C27H30F2O5S. The van der Waals surface area contributed by atoms with Gasteiger partial charge in [-0.15, -0.1) is 12.6 Å². The Morgan fingerprint density at radius 1 is 1.17 bits per heavy atom. The van der Waals surface area contributed by atoms with E-state index in [4.69, 9.17) is 9.15 Å². The van der Waals surface area contributed by atoms with Gasteiger partial charge in [0.1, 0.15) is 11.8 Å². The normalized spacial score (nSPS) is 46.3. The lowest BCUT2D eigenvalue weighted by molar-refractivity contribution is -0.199. The number of esters is 1. The van der Waals surface area contributed by atoms with E-state index in [1.807, 2.05) is 6.92 Å². The van der Waals surface area contributed by atoms with Gasteiger partial charge in [0.15, 0.2) is 11.4 Å². The number of allylic oxidation sites excluding steroid dienone is 4. The second kappa shape index (κ2) is 7.64. The Bertz CT molecular complexity index is 1160. The lowest BCUT2D eigenvalue weighted by Gasteiger charge is -2.64. The predicted octanol–water partition coefficient (Wildman–Crippen LogP) is 5.47. The third kappa shape index (κ3) is 2.89. The average Bonchev–Trinajstić information content (AvgIpc) is 3.39. The van der Waals surface area contributed by atoms with Crippen molar-refractivity contribution < 1.29 is 32.3 Å². The van der Waals surface area contributed by atoms with Gasteiger partial charge in [0, 0.05) is 22.7 Å². The fourth-order valence-electron chi connectivity index (χ4n) is 8.35. The summed E-state index contributed by atoms with van der Waals surface area (Å²) in [7, 11) is 0. The van der Waals surface area contributed by atoms with Crippen molar-refractivity contribution in [1.29, 1.82) is 0 Å². The van der Waals surface area contributed by atoms with Crippen LogP contribution in [-0.2, 0) is 14.3 Å². The zero-order valence-corrected chi connectivity index (χ0v) is 21.1. The van der Waals surface area contributed by atoms with Gasteiger partial charge >= 0.3 is 5.97 Å². The van der Waals surface area contributed by atoms with Crippen molar-refractivity contribution in [2.24, 2.45) is 34.5 Å². The summed E-state index contributed by atoms with van der Waals surface area (Å²) in [5.74, 6) is -3.44. The molecule has 1 aromatic heterocycles. The number of ketones is 1. The number of carbonyl (C=O) groups is 3. The second-order valence-electron chi connectivity index (χ2n) is 11.3. The van der Waals surface area contributed by atoms with Crippen LogP contribution in [0.2, 0.25) is 0 Å². The van der Waals surface area contributed by atoms with Gasteiger partial charge in [-0.3, -0.25) is 9.59 Å². The highest BCUT2D eigenvalue weighted by molar-refractivity contribution is 7.96. The standard InChI is InChI=1S/C27H30F2O5S/c1-14-10-17-18-12-20(28)19-11-16(30)7-8-24(19,3)26(18,29)15(2)13-25(17,4)27(14,23(32)35)34-22(31)21-6-5-9-33-21/h5-9,11,14-15,17-18,20H,10,12-13H2,1-4H3,(H,32,35)/t14-,15+,17?,18?,20+,24+,25+,26-,27+/m1/s1. The van der Waals surface area contributed by atoms with Crippen LogP contribution >= 0.6 is 12.6 Å². The third-order valence-electron chi connectivity index (χ3n) is 9.81. The number of rotatable bonds is 3. The Labute approximate surface area is 208 Å². The molecule has 3 fully saturated rings. The Morgan fingerprint density at radius 2 is 1.89 bits per heavy atom. The molecule has 0 radical (unpaired) electrons. The van der Waals surface area contributed by atoms with Gasteiger partial charge in [-0.25, -0.2) is 13.6 Å². The molecule has 4 aliphatic rings. The molecule has 3 saturated carbocycles. The molecule has 0 N–H and O–H groups in total. The fraction of sp³-hybridized carbons (Fsp3) is 0.593. The quantitative estimate of drug-likeness (QED) is 0.436. The molecule has 35 heavy (non-hydrogen) atoms. The van der Waals surface area contributed by atoms with E-state index in [2.05, 4.69) is 12.6 Å². The minimum Gasteiger partial charge on any atom is -0.457 e. The average molecular weight is 505 g/mol. The molecule has 1 heterocycles. The van der Waals surface area contributed by atoms with Gasteiger partial charge in [0.05, 0.1) is 6.26 Å². The highest BCUT2D eigenvalue weighted by atomic mass is 32.1. The van der Waals surface area contributed by atoms with E-state index in [1.165, 1.54) is 30.6 Å². The summed E-state index contributed by atoms with van der Waals surface area (Å²) in [5.41, 5.74) is -5.54. The Morgan fingerprint density at radius 3 is 2.51 bits per heavy atom. The molecule has 0 saturated heterocycles. The topological polar surface area (TPSA) is 73.6 Å². The minimum absolute atomic E-state index is 0.0392. The molecule has 5 nitrogen and oxygen atoms in total. The van der Waals surface area contributed by atoms with E-state index in [9.17, 15) is 14.4 Å². The van der Waals surface area contributed by atoms with Crippen molar-refractivity contribution >= 4 is 29.5 Å². The van der Waals surface area contributed by atoms with Crippen LogP contribution < -0.4 is 0 Å². The number of ether oxygens (including phenoxy) is 1. The van der Waals surface area contributed by atoms with Gasteiger partial charge in [-0.2, -0.15) is 0 Å². The van der Waals surface area contributed by atoms with Crippen LogP contribution in [0, 0.1) is 34.5 Å². The predicted molar refractivity (Wildman–Crippen MR) is 127 cm³/mol. The summed E-state index contributed by atoms with van der Waals surface area (Å²) >= 11 is 4.20. The highest BCUT2D eigenvalue weighted by Gasteiger charge is 2.77. The minimum atomic E-state index is -1.84. The first-order valence-electron chi connectivity index (χ1n) is 12.1. The summed E-state index contributed by atoms with van der Waals surface area (Å²) in [6.07, 6.45) is 4.45. The monoisotopic (exact) mass is 504 g/mol. The SMILES string of the molecule is C[C@@H]1CC2C3C[C@H](F)C4=CC(=O)C=C[C@]4(C)[C@@]3(F)[C@@H](C)C[C@]2(C)[C@@]1(OC(=O)c1ccco1)C(=O)S.